The Morgan fingerprint density at radius 2 is 1.87 bits per heavy atom. The molecule has 0 aliphatic heterocycles. The second-order valence-corrected chi connectivity index (χ2v) is 11.6. The predicted molar refractivity (Wildman–Crippen MR) is 132 cm³/mol. The van der Waals surface area contributed by atoms with Crippen LogP contribution in [0.1, 0.15) is 98.8 Å². The normalized spacial score (nSPS) is 38.6. The summed E-state index contributed by atoms with van der Waals surface area (Å²) in [6.07, 6.45) is 15.1. The summed E-state index contributed by atoms with van der Waals surface area (Å²) < 4.78 is 0. The molecule has 0 bridgehead atoms. The van der Waals surface area contributed by atoms with E-state index in [9.17, 15) is 10.2 Å². The first-order chi connectivity index (χ1) is 14.7. The van der Waals surface area contributed by atoms with Gasteiger partial charge in [0, 0.05) is 6.42 Å². The maximum Gasteiger partial charge on any atom is 0.0811 e. The lowest BCUT2D eigenvalue weighted by Crippen LogP contribution is -2.36. The quantitative estimate of drug-likeness (QED) is 0.449. The molecule has 7 atom stereocenters. The molecule has 0 spiro atoms. The number of allylic oxidation sites excluding steroid dienone is 3. The monoisotopic (exact) mass is 428 g/mol. The molecule has 0 aromatic rings. The highest BCUT2D eigenvalue weighted by Gasteiger charge is 2.50. The number of aliphatic hydroxyl groups excluding tert-OH is 2. The lowest BCUT2D eigenvalue weighted by molar-refractivity contribution is 0.0860. The van der Waals surface area contributed by atoms with Gasteiger partial charge in [-0.15, -0.1) is 0 Å². The zero-order chi connectivity index (χ0) is 22.8. The van der Waals surface area contributed by atoms with Gasteiger partial charge in [-0.25, -0.2) is 0 Å². The molecule has 2 nitrogen and oxygen atoms in total. The van der Waals surface area contributed by atoms with Crippen LogP contribution in [0.25, 0.3) is 0 Å². The minimum Gasteiger partial charge on any atom is -0.393 e. The summed E-state index contributed by atoms with van der Waals surface area (Å²) in [5.74, 6) is 4.02. The van der Waals surface area contributed by atoms with E-state index in [2.05, 4.69) is 53.3 Å². The summed E-state index contributed by atoms with van der Waals surface area (Å²) in [6, 6.07) is 0. The Bertz CT molecular complexity index is 687. The number of hydrogen-bond acceptors (Lipinski definition) is 2. The molecular weight excluding hydrogens is 380 g/mol. The van der Waals surface area contributed by atoms with Gasteiger partial charge in [0.15, 0.2) is 0 Å². The highest BCUT2D eigenvalue weighted by Crippen LogP contribution is 2.60. The summed E-state index contributed by atoms with van der Waals surface area (Å²) in [6.45, 7) is 16.3. The first kappa shape index (κ1) is 24.8. The van der Waals surface area contributed by atoms with Crippen LogP contribution in [0.15, 0.2) is 35.5 Å². The molecule has 2 N–H and O–H groups in total. The van der Waals surface area contributed by atoms with E-state index < -0.39 is 12.2 Å². The molecule has 0 amide bonds. The summed E-state index contributed by atoms with van der Waals surface area (Å²) in [4.78, 5) is 0. The van der Waals surface area contributed by atoms with Crippen molar-refractivity contribution in [1.82, 2.24) is 0 Å². The Kier molecular flexibility index (Phi) is 8.30. The van der Waals surface area contributed by atoms with Crippen LogP contribution in [0, 0.1) is 35.0 Å². The molecule has 3 saturated carbocycles. The Hall–Kier alpha value is -0.860. The molecular formula is C29H48O2. The Morgan fingerprint density at radius 3 is 2.55 bits per heavy atom. The number of hydrogen-bond donors (Lipinski definition) is 2. The van der Waals surface area contributed by atoms with Gasteiger partial charge in [-0.05, 0) is 91.1 Å². The summed E-state index contributed by atoms with van der Waals surface area (Å²) in [5.41, 5.74) is 3.87. The fourth-order valence-electron chi connectivity index (χ4n) is 7.37. The van der Waals surface area contributed by atoms with Gasteiger partial charge in [0.05, 0.1) is 12.2 Å². The molecule has 0 heterocycles. The number of fused-ring (bicyclic) bond motifs is 1. The van der Waals surface area contributed by atoms with E-state index in [0.29, 0.717) is 24.2 Å². The minimum atomic E-state index is -0.598. The Morgan fingerprint density at radius 1 is 1.13 bits per heavy atom. The van der Waals surface area contributed by atoms with Crippen LogP contribution in [0.2, 0.25) is 0 Å². The van der Waals surface area contributed by atoms with Gasteiger partial charge < -0.3 is 10.2 Å². The Balaban J connectivity index is 1.71. The van der Waals surface area contributed by atoms with Crippen LogP contribution < -0.4 is 0 Å². The molecule has 2 unspecified atom stereocenters. The molecule has 3 aliphatic carbocycles. The summed E-state index contributed by atoms with van der Waals surface area (Å²) >= 11 is 0. The first-order valence-electron chi connectivity index (χ1n) is 13.1. The van der Waals surface area contributed by atoms with Crippen LogP contribution in [-0.2, 0) is 0 Å². The fourth-order valence-corrected chi connectivity index (χ4v) is 7.37. The van der Waals surface area contributed by atoms with Crippen molar-refractivity contribution < 1.29 is 10.2 Å². The van der Waals surface area contributed by atoms with Gasteiger partial charge in [-0.3, -0.25) is 0 Å². The predicted octanol–water partition coefficient (Wildman–Crippen LogP) is 7.23. The third-order valence-corrected chi connectivity index (χ3v) is 9.45. The van der Waals surface area contributed by atoms with Crippen LogP contribution in [0.4, 0.5) is 0 Å². The van der Waals surface area contributed by atoms with E-state index in [1.54, 1.807) is 5.57 Å². The minimum absolute atomic E-state index is 0.419. The van der Waals surface area contributed by atoms with Crippen molar-refractivity contribution >= 4 is 0 Å². The van der Waals surface area contributed by atoms with Gasteiger partial charge in [0.2, 0.25) is 0 Å². The average molecular weight is 429 g/mol. The summed E-state index contributed by atoms with van der Waals surface area (Å²) in [7, 11) is 0. The molecule has 176 valence electrons. The standard InChI is InChI=1S/C29H48O2/c1-7-22(19(2)3)11-10-20(4)26-14-15-27-23(9-8-16-29(26,27)6)12-13-24-17-25(30)18-28(31)21(24)5/h12-13,19-20,22,25-28,30-31H,5,7-11,14-18H2,1-4,6H3/t20-,22?,25-,26-,27?,28+,29-/m1/s1. The number of aliphatic hydroxyl groups is 2. The van der Waals surface area contributed by atoms with Crippen LogP contribution in [0.3, 0.4) is 0 Å². The van der Waals surface area contributed by atoms with Gasteiger partial charge in [0.1, 0.15) is 0 Å². The molecule has 3 rings (SSSR count). The van der Waals surface area contributed by atoms with Crippen molar-refractivity contribution in [2.45, 2.75) is 111 Å². The fraction of sp³-hybridized carbons (Fsp3) is 0.793. The van der Waals surface area contributed by atoms with E-state index in [0.717, 1.165) is 34.8 Å². The van der Waals surface area contributed by atoms with Gasteiger partial charge in [-0.2, -0.15) is 0 Å². The first-order valence-corrected chi connectivity index (χ1v) is 13.1. The van der Waals surface area contributed by atoms with E-state index in [-0.39, 0.29) is 0 Å². The molecule has 3 aliphatic rings. The molecule has 2 heteroatoms. The largest absolute Gasteiger partial charge is 0.393 e. The van der Waals surface area contributed by atoms with Gasteiger partial charge in [0.25, 0.3) is 0 Å². The average Bonchev–Trinajstić information content (AvgIpc) is 3.07. The molecule has 0 radical (unpaired) electrons. The molecule has 0 aromatic heterocycles. The molecule has 31 heavy (non-hydrogen) atoms. The van der Waals surface area contributed by atoms with Crippen molar-refractivity contribution in [2.24, 2.45) is 35.0 Å². The van der Waals surface area contributed by atoms with E-state index in [1.807, 2.05) is 0 Å². The van der Waals surface area contributed by atoms with Gasteiger partial charge >= 0.3 is 0 Å². The second-order valence-electron chi connectivity index (χ2n) is 11.6. The van der Waals surface area contributed by atoms with E-state index in [4.69, 9.17) is 0 Å². The van der Waals surface area contributed by atoms with Crippen LogP contribution in [0.5, 0.6) is 0 Å². The third-order valence-electron chi connectivity index (χ3n) is 9.45. The van der Waals surface area contributed by atoms with E-state index in [1.165, 1.54) is 51.4 Å². The van der Waals surface area contributed by atoms with Crippen molar-refractivity contribution in [1.29, 1.82) is 0 Å². The SMILES string of the molecule is C=C1C(=CC=C2CCC[C@@]3(C)C2CC[C@@H]3[C@H](C)CCC(CC)C(C)C)C[C@@H](O)C[C@@H]1O. The zero-order valence-electron chi connectivity index (χ0n) is 20.9. The lowest BCUT2D eigenvalue weighted by atomic mass is 9.60. The van der Waals surface area contributed by atoms with Crippen LogP contribution >= 0.6 is 0 Å². The lowest BCUT2D eigenvalue weighted by Gasteiger charge is -2.44. The maximum absolute atomic E-state index is 10.2. The topological polar surface area (TPSA) is 40.5 Å². The molecule has 3 fully saturated rings. The van der Waals surface area contributed by atoms with Crippen molar-refractivity contribution in [3.8, 4) is 0 Å². The summed E-state index contributed by atoms with van der Waals surface area (Å²) in [5, 5.41) is 20.2. The third kappa shape index (κ3) is 5.38. The zero-order valence-corrected chi connectivity index (χ0v) is 20.9. The maximum atomic E-state index is 10.2. The Labute approximate surface area is 191 Å². The second kappa shape index (κ2) is 10.4. The van der Waals surface area contributed by atoms with Crippen molar-refractivity contribution in [2.75, 3.05) is 0 Å². The van der Waals surface area contributed by atoms with Crippen LogP contribution in [-0.4, -0.2) is 22.4 Å². The van der Waals surface area contributed by atoms with E-state index >= 15 is 0 Å². The van der Waals surface area contributed by atoms with Crippen molar-refractivity contribution in [3.05, 3.63) is 35.5 Å². The number of rotatable bonds is 7. The highest BCUT2D eigenvalue weighted by molar-refractivity contribution is 5.38. The highest BCUT2D eigenvalue weighted by atomic mass is 16.3. The van der Waals surface area contributed by atoms with Gasteiger partial charge in [-0.1, -0.05) is 71.8 Å². The van der Waals surface area contributed by atoms with Crippen molar-refractivity contribution in [3.63, 3.8) is 0 Å². The molecule has 0 aromatic carbocycles. The smallest absolute Gasteiger partial charge is 0.0811 e. The molecule has 0 saturated heterocycles.